The molecule has 9 heteroatoms. The number of ether oxygens (including phenoxy) is 1. The van der Waals surface area contributed by atoms with E-state index in [-0.39, 0.29) is 12.2 Å². The average molecular weight is 509 g/mol. The normalized spacial score (nSPS) is 14.7. The van der Waals surface area contributed by atoms with Gasteiger partial charge in [0.15, 0.2) is 17.5 Å². The third-order valence-electron chi connectivity index (χ3n) is 6.67. The number of amides is 1. The average Bonchev–Trinajstić information content (AvgIpc) is 3.26. The number of para-hydroxylation sites is 3. The molecule has 37 heavy (non-hydrogen) atoms. The highest BCUT2D eigenvalue weighted by Gasteiger charge is 2.24. The van der Waals surface area contributed by atoms with Crippen LogP contribution in [-0.4, -0.2) is 40.0 Å². The molecule has 2 heterocycles. The zero-order valence-corrected chi connectivity index (χ0v) is 20.2. The van der Waals surface area contributed by atoms with Crippen molar-refractivity contribution in [2.24, 2.45) is 5.92 Å². The van der Waals surface area contributed by atoms with E-state index in [1.165, 1.54) is 0 Å². The summed E-state index contributed by atoms with van der Waals surface area (Å²) in [5, 5.41) is 2.34. The van der Waals surface area contributed by atoms with Crippen molar-refractivity contribution in [3.63, 3.8) is 0 Å². The fourth-order valence-electron chi connectivity index (χ4n) is 4.70. The molecule has 0 spiro atoms. The van der Waals surface area contributed by atoms with Crippen LogP contribution in [0.4, 0.5) is 18.9 Å². The zero-order valence-electron chi connectivity index (χ0n) is 20.2. The Morgan fingerprint density at radius 2 is 1.68 bits per heavy atom. The van der Waals surface area contributed by atoms with Crippen LogP contribution < -0.4 is 10.1 Å². The van der Waals surface area contributed by atoms with Crippen molar-refractivity contribution in [3.8, 4) is 5.75 Å². The fourth-order valence-corrected chi connectivity index (χ4v) is 4.70. The Labute approximate surface area is 212 Å². The number of imidazole rings is 1. The first-order chi connectivity index (χ1) is 18.0. The molecule has 1 N–H and O–H groups in total. The molecule has 0 saturated carbocycles. The second kappa shape index (κ2) is 11.0. The molecule has 3 aromatic carbocycles. The first-order valence-corrected chi connectivity index (χ1v) is 12.3. The number of benzene rings is 3. The lowest BCUT2D eigenvalue weighted by atomic mass is 9.96. The number of carbonyl (C=O) groups is 1. The second-order valence-electron chi connectivity index (χ2n) is 9.22. The number of halogens is 3. The third-order valence-corrected chi connectivity index (χ3v) is 6.67. The minimum absolute atomic E-state index is 0.0509. The van der Waals surface area contributed by atoms with Gasteiger partial charge in [0.2, 0.25) is 5.91 Å². The molecule has 0 aliphatic carbocycles. The lowest BCUT2D eigenvalue weighted by Gasteiger charge is -2.32. The number of rotatable bonds is 8. The summed E-state index contributed by atoms with van der Waals surface area (Å²) in [6.07, 6.45) is 1.75. The summed E-state index contributed by atoms with van der Waals surface area (Å²) in [7, 11) is 0. The van der Waals surface area contributed by atoms with E-state index in [9.17, 15) is 18.0 Å². The van der Waals surface area contributed by atoms with Gasteiger partial charge in [0, 0.05) is 6.54 Å². The van der Waals surface area contributed by atoms with E-state index in [0.29, 0.717) is 25.6 Å². The van der Waals surface area contributed by atoms with Gasteiger partial charge in [-0.25, -0.2) is 18.2 Å². The minimum atomic E-state index is -1.60. The van der Waals surface area contributed by atoms with Crippen molar-refractivity contribution in [1.29, 1.82) is 0 Å². The van der Waals surface area contributed by atoms with Crippen LogP contribution in [0.2, 0.25) is 0 Å². The quantitative estimate of drug-likeness (QED) is 0.325. The van der Waals surface area contributed by atoms with Gasteiger partial charge in [0.25, 0.3) is 0 Å². The van der Waals surface area contributed by atoms with E-state index < -0.39 is 23.4 Å². The van der Waals surface area contributed by atoms with E-state index in [1.807, 2.05) is 53.4 Å². The number of nitrogens with one attached hydrogen (secondary N) is 1. The highest BCUT2D eigenvalue weighted by atomic mass is 19.2. The predicted molar refractivity (Wildman–Crippen MR) is 135 cm³/mol. The highest BCUT2D eigenvalue weighted by molar-refractivity contribution is 5.92. The van der Waals surface area contributed by atoms with Crippen LogP contribution in [0.5, 0.6) is 5.75 Å². The van der Waals surface area contributed by atoms with Gasteiger partial charge in [0.05, 0.1) is 23.3 Å². The molecule has 0 unspecified atom stereocenters. The van der Waals surface area contributed by atoms with Gasteiger partial charge in [-0.2, -0.15) is 0 Å². The molecule has 0 radical (unpaired) electrons. The molecular formula is C28H27F3N4O2. The fraction of sp³-hybridized carbons (Fsp3) is 0.286. The number of piperidine rings is 1. The van der Waals surface area contributed by atoms with Crippen LogP contribution in [0, 0.1) is 23.4 Å². The summed E-state index contributed by atoms with van der Waals surface area (Å²) >= 11 is 0. The minimum Gasteiger partial charge on any atom is -0.486 e. The molecule has 0 atom stereocenters. The first-order valence-electron chi connectivity index (χ1n) is 12.3. The lowest BCUT2D eigenvalue weighted by Crippen LogP contribution is -2.40. The standard InChI is InChI=1S/C28H27F3N4O2/c29-21-10-11-23(28(31)27(21)30)33-26(36)17-34-14-12-19(13-15-34)16-35-24-9-5-4-8-22(24)32-25(35)18-37-20-6-2-1-3-7-20/h1-11,19H,12-18H2,(H,33,36). The SMILES string of the molecule is O=C(CN1CCC(Cn2c(COc3ccccc3)nc3ccccc32)CC1)Nc1ccc(F)c(F)c1F. The van der Waals surface area contributed by atoms with E-state index >= 15 is 0 Å². The summed E-state index contributed by atoms with van der Waals surface area (Å²) in [4.78, 5) is 19.2. The largest absolute Gasteiger partial charge is 0.486 e. The van der Waals surface area contributed by atoms with Gasteiger partial charge in [-0.1, -0.05) is 30.3 Å². The Morgan fingerprint density at radius 3 is 2.46 bits per heavy atom. The maximum absolute atomic E-state index is 13.9. The number of hydrogen-bond acceptors (Lipinski definition) is 4. The van der Waals surface area contributed by atoms with Crippen LogP contribution in [-0.2, 0) is 17.9 Å². The number of aromatic nitrogens is 2. The molecule has 5 rings (SSSR count). The Bertz CT molecular complexity index is 1390. The predicted octanol–water partition coefficient (Wildman–Crippen LogP) is 5.38. The molecule has 192 valence electrons. The van der Waals surface area contributed by atoms with E-state index in [0.717, 1.165) is 54.1 Å². The Hall–Kier alpha value is -3.85. The molecule has 1 aliphatic rings. The maximum atomic E-state index is 13.9. The van der Waals surface area contributed by atoms with Gasteiger partial charge in [-0.3, -0.25) is 9.69 Å². The van der Waals surface area contributed by atoms with Crippen LogP contribution >= 0.6 is 0 Å². The molecule has 1 aliphatic heterocycles. The molecular weight excluding hydrogens is 481 g/mol. The van der Waals surface area contributed by atoms with Gasteiger partial charge in [-0.05, 0) is 68.2 Å². The highest BCUT2D eigenvalue weighted by Crippen LogP contribution is 2.25. The molecule has 1 amide bonds. The summed E-state index contributed by atoms with van der Waals surface area (Å²) in [6.45, 7) is 2.59. The van der Waals surface area contributed by atoms with Crippen LogP contribution in [0.3, 0.4) is 0 Å². The van der Waals surface area contributed by atoms with Crippen LogP contribution in [0.25, 0.3) is 11.0 Å². The number of fused-ring (bicyclic) bond motifs is 1. The van der Waals surface area contributed by atoms with E-state index in [4.69, 9.17) is 9.72 Å². The number of anilines is 1. The van der Waals surface area contributed by atoms with E-state index in [1.54, 1.807) is 0 Å². The Balaban J connectivity index is 1.19. The Kier molecular flexibility index (Phi) is 7.41. The lowest BCUT2D eigenvalue weighted by molar-refractivity contribution is -0.117. The van der Waals surface area contributed by atoms with Crippen molar-refractivity contribution < 1.29 is 22.7 Å². The summed E-state index contributed by atoms with van der Waals surface area (Å²) < 4.78 is 48.6. The van der Waals surface area contributed by atoms with Crippen molar-refractivity contribution >= 4 is 22.6 Å². The Morgan fingerprint density at radius 1 is 0.946 bits per heavy atom. The van der Waals surface area contributed by atoms with Crippen LogP contribution in [0.15, 0.2) is 66.7 Å². The summed E-state index contributed by atoms with van der Waals surface area (Å²) in [5.74, 6) is -2.72. The monoisotopic (exact) mass is 508 g/mol. The van der Waals surface area contributed by atoms with Crippen molar-refractivity contribution in [2.45, 2.75) is 26.0 Å². The van der Waals surface area contributed by atoms with Crippen molar-refractivity contribution in [3.05, 3.63) is 90.0 Å². The smallest absolute Gasteiger partial charge is 0.238 e. The molecule has 0 bridgehead atoms. The van der Waals surface area contributed by atoms with Gasteiger partial charge in [0.1, 0.15) is 18.2 Å². The number of hydrogen-bond donors (Lipinski definition) is 1. The summed E-state index contributed by atoms with van der Waals surface area (Å²) in [5.41, 5.74) is 1.62. The molecule has 1 aromatic heterocycles. The number of nitrogens with zero attached hydrogens (tertiary/aromatic N) is 3. The van der Waals surface area contributed by atoms with Gasteiger partial charge < -0.3 is 14.6 Å². The third kappa shape index (κ3) is 5.77. The number of likely N-dealkylation sites (tertiary alicyclic amines) is 1. The molecule has 4 aromatic rings. The van der Waals surface area contributed by atoms with E-state index in [2.05, 4.69) is 16.0 Å². The molecule has 1 saturated heterocycles. The topological polar surface area (TPSA) is 59.4 Å². The molecule has 1 fully saturated rings. The van der Waals surface area contributed by atoms with Crippen molar-refractivity contribution in [2.75, 3.05) is 25.0 Å². The maximum Gasteiger partial charge on any atom is 0.238 e. The second-order valence-corrected chi connectivity index (χ2v) is 9.22. The summed E-state index contributed by atoms with van der Waals surface area (Å²) in [6, 6.07) is 19.5. The zero-order chi connectivity index (χ0) is 25.8. The van der Waals surface area contributed by atoms with Gasteiger partial charge in [-0.15, -0.1) is 0 Å². The van der Waals surface area contributed by atoms with Crippen molar-refractivity contribution in [1.82, 2.24) is 14.5 Å². The van der Waals surface area contributed by atoms with Gasteiger partial charge >= 0.3 is 0 Å². The number of carbonyl (C=O) groups excluding carboxylic acids is 1. The molecule has 6 nitrogen and oxygen atoms in total. The van der Waals surface area contributed by atoms with Crippen LogP contribution in [0.1, 0.15) is 18.7 Å². The first kappa shape index (κ1) is 24.8.